The molecule has 6 heteroatoms. The van der Waals surface area contributed by atoms with Crippen molar-refractivity contribution in [3.05, 3.63) is 21.0 Å². The molecular formula is C10H10BrClN2S2. The van der Waals surface area contributed by atoms with E-state index in [9.17, 15) is 0 Å². The van der Waals surface area contributed by atoms with Gasteiger partial charge in [0.2, 0.25) is 0 Å². The highest BCUT2D eigenvalue weighted by Crippen LogP contribution is 2.39. The standard InChI is InChI=1S/C10H10BrClN2S2/c1-3-6(11)9-13-14-10(16-9)8-7(12)5(2)4-15-8/h4,6H,3H2,1-2H3. The fourth-order valence-corrected chi connectivity index (χ4v) is 3.91. The van der Waals surface area contributed by atoms with Gasteiger partial charge in [0.05, 0.1) is 14.7 Å². The highest BCUT2D eigenvalue weighted by Gasteiger charge is 2.16. The quantitative estimate of drug-likeness (QED) is 0.730. The Bertz CT molecular complexity index is 495. The minimum Gasteiger partial charge on any atom is -0.142 e. The molecule has 1 atom stereocenters. The van der Waals surface area contributed by atoms with Crippen molar-refractivity contribution in [2.45, 2.75) is 25.1 Å². The van der Waals surface area contributed by atoms with Crippen LogP contribution in [-0.4, -0.2) is 10.2 Å². The summed E-state index contributed by atoms with van der Waals surface area (Å²) < 4.78 is 0. The highest BCUT2D eigenvalue weighted by atomic mass is 79.9. The second-order valence-electron chi connectivity index (χ2n) is 3.38. The molecule has 1 unspecified atom stereocenters. The van der Waals surface area contributed by atoms with E-state index in [-0.39, 0.29) is 0 Å². The molecule has 0 N–H and O–H groups in total. The number of rotatable bonds is 3. The number of aryl methyl sites for hydroxylation is 1. The summed E-state index contributed by atoms with van der Waals surface area (Å²) in [5.74, 6) is 0. The Morgan fingerprint density at radius 3 is 2.81 bits per heavy atom. The summed E-state index contributed by atoms with van der Waals surface area (Å²) in [5.41, 5.74) is 1.10. The van der Waals surface area contributed by atoms with Gasteiger partial charge in [-0.05, 0) is 24.3 Å². The maximum atomic E-state index is 6.20. The number of halogens is 2. The van der Waals surface area contributed by atoms with Crippen molar-refractivity contribution >= 4 is 50.2 Å². The fourth-order valence-electron chi connectivity index (χ4n) is 1.20. The lowest BCUT2D eigenvalue weighted by Gasteiger charge is -1.97. The zero-order valence-electron chi connectivity index (χ0n) is 8.83. The lowest BCUT2D eigenvalue weighted by atomic mass is 10.3. The Hall–Kier alpha value is 0.0300. The zero-order valence-corrected chi connectivity index (χ0v) is 12.8. The van der Waals surface area contributed by atoms with Crippen molar-refractivity contribution < 1.29 is 0 Å². The molecule has 0 saturated carbocycles. The first-order valence-electron chi connectivity index (χ1n) is 4.85. The normalized spacial score (nSPS) is 13.0. The van der Waals surface area contributed by atoms with Crippen molar-refractivity contribution in [2.24, 2.45) is 0 Å². The van der Waals surface area contributed by atoms with E-state index in [0.29, 0.717) is 4.83 Å². The smallest absolute Gasteiger partial charge is 0.142 e. The minimum absolute atomic E-state index is 0.290. The third-order valence-corrected chi connectivity index (χ3v) is 6.43. The van der Waals surface area contributed by atoms with E-state index < -0.39 is 0 Å². The van der Waals surface area contributed by atoms with Crippen LogP contribution in [0.2, 0.25) is 5.02 Å². The molecule has 86 valence electrons. The van der Waals surface area contributed by atoms with Gasteiger partial charge in [-0.25, -0.2) is 0 Å². The van der Waals surface area contributed by atoms with Gasteiger partial charge in [0.25, 0.3) is 0 Å². The molecule has 0 aromatic carbocycles. The van der Waals surface area contributed by atoms with Crippen molar-refractivity contribution in [3.8, 4) is 9.88 Å². The zero-order chi connectivity index (χ0) is 11.7. The third kappa shape index (κ3) is 2.32. The second-order valence-corrected chi connectivity index (χ2v) is 6.76. The largest absolute Gasteiger partial charge is 0.159 e. The van der Waals surface area contributed by atoms with Crippen LogP contribution in [0.4, 0.5) is 0 Å². The number of hydrogen-bond donors (Lipinski definition) is 0. The SMILES string of the molecule is CCC(Br)c1nnc(-c2scc(C)c2Cl)s1. The van der Waals surface area contributed by atoms with Crippen molar-refractivity contribution in [1.29, 1.82) is 0 Å². The summed E-state index contributed by atoms with van der Waals surface area (Å²) >= 11 is 13.0. The molecule has 0 radical (unpaired) electrons. The molecule has 16 heavy (non-hydrogen) atoms. The number of nitrogens with zero attached hydrogens (tertiary/aromatic N) is 2. The summed E-state index contributed by atoms with van der Waals surface area (Å²) in [7, 11) is 0. The van der Waals surface area contributed by atoms with Crippen LogP contribution in [0.25, 0.3) is 9.88 Å². The summed E-state index contributed by atoms with van der Waals surface area (Å²) in [5, 5.41) is 13.2. The van der Waals surface area contributed by atoms with Crippen LogP contribution in [-0.2, 0) is 0 Å². The van der Waals surface area contributed by atoms with Crippen LogP contribution >= 0.6 is 50.2 Å². The Kier molecular flexibility index (Phi) is 4.00. The second kappa shape index (κ2) is 5.12. The van der Waals surface area contributed by atoms with E-state index in [2.05, 4.69) is 33.1 Å². The van der Waals surface area contributed by atoms with E-state index in [4.69, 9.17) is 11.6 Å². The molecule has 0 fully saturated rings. The molecule has 0 aliphatic rings. The monoisotopic (exact) mass is 336 g/mol. The van der Waals surface area contributed by atoms with Gasteiger partial charge < -0.3 is 0 Å². The molecule has 2 rings (SSSR count). The van der Waals surface area contributed by atoms with Crippen LogP contribution in [0, 0.1) is 6.92 Å². The first-order chi connectivity index (χ1) is 7.63. The van der Waals surface area contributed by atoms with Crippen LogP contribution in [0.15, 0.2) is 5.38 Å². The summed E-state index contributed by atoms with van der Waals surface area (Å²) in [4.78, 5) is 1.32. The van der Waals surface area contributed by atoms with Gasteiger partial charge in [0.15, 0.2) is 5.01 Å². The van der Waals surface area contributed by atoms with Crippen molar-refractivity contribution in [2.75, 3.05) is 0 Å². The molecule has 0 saturated heterocycles. The Morgan fingerprint density at radius 2 is 2.25 bits per heavy atom. The molecular weight excluding hydrogens is 328 g/mol. The fraction of sp³-hybridized carbons (Fsp3) is 0.400. The van der Waals surface area contributed by atoms with Crippen LogP contribution in [0.3, 0.4) is 0 Å². The maximum absolute atomic E-state index is 6.20. The van der Waals surface area contributed by atoms with E-state index in [1.54, 1.807) is 22.7 Å². The average Bonchev–Trinajstić information content (AvgIpc) is 2.87. The Balaban J connectivity index is 2.35. The van der Waals surface area contributed by atoms with E-state index >= 15 is 0 Å². The van der Waals surface area contributed by atoms with Gasteiger partial charge in [-0.15, -0.1) is 21.5 Å². The van der Waals surface area contributed by atoms with Gasteiger partial charge in [0.1, 0.15) is 5.01 Å². The molecule has 0 spiro atoms. The van der Waals surface area contributed by atoms with Crippen LogP contribution in [0.1, 0.15) is 28.7 Å². The highest BCUT2D eigenvalue weighted by molar-refractivity contribution is 9.09. The first kappa shape index (κ1) is 12.5. The van der Waals surface area contributed by atoms with E-state index in [0.717, 1.165) is 31.9 Å². The molecule has 2 nitrogen and oxygen atoms in total. The molecule has 0 aliphatic heterocycles. The molecule has 0 aliphatic carbocycles. The lowest BCUT2D eigenvalue weighted by Crippen LogP contribution is -1.84. The third-order valence-electron chi connectivity index (χ3n) is 2.16. The predicted molar refractivity (Wildman–Crippen MR) is 74.9 cm³/mol. The lowest BCUT2D eigenvalue weighted by molar-refractivity contribution is 0.870. The Labute approximate surface area is 116 Å². The molecule has 2 aromatic heterocycles. The Morgan fingerprint density at radius 1 is 1.50 bits per heavy atom. The van der Waals surface area contributed by atoms with Crippen LogP contribution < -0.4 is 0 Å². The minimum atomic E-state index is 0.290. The predicted octanol–water partition coefficient (Wildman–Crippen LogP) is 5.07. The molecule has 0 bridgehead atoms. The van der Waals surface area contributed by atoms with Crippen LogP contribution in [0.5, 0.6) is 0 Å². The summed E-state index contributed by atoms with van der Waals surface area (Å²) in [6.45, 7) is 4.12. The van der Waals surface area contributed by atoms with Gasteiger partial charge in [0, 0.05) is 0 Å². The first-order valence-corrected chi connectivity index (χ1v) is 7.83. The number of alkyl halides is 1. The molecule has 2 heterocycles. The van der Waals surface area contributed by atoms with Gasteiger partial charge in [-0.2, -0.15) is 0 Å². The summed E-state index contributed by atoms with van der Waals surface area (Å²) in [6.07, 6.45) is 1.01. The number of aromatic nitrogens is 2. The van der Waals surface area contributed by atoms with Crippen molar-refractivity contribution in [3.63, 3.8) is 0 Å². The number of hydrogen-bond acceptors (Lipinski definition) is 4. The van der Waals surface area contributed by atoms with Crippen molar-refractivity contribution in [1.82, 2.24) is 10.2 Å². The average molecular weight is 338 g/mol. The van der Waals surface area contributed by atoms with Gasteiger partial charge >= 0.3 is 0 Å². The molecule has 0 amide bonds. The molecule has 2 aromatic rings. The maximum Gasteiger partial charge on any atom is 0.159 e. The van der Waals surface area contributed by atoms with E-state index in [1.807, 2.05) is 12.3 Å². The topological polar surface area (TPSA) is 25.8 Å². The summed E-state index contributed by atoms with van der Waals surface area (Å²) in [6, 6.07) is 0. The van der Waals surface area contributed by atoms with E-state index in [1.165, 1.54) is 0 Å². The van der Waals surface area contributed by atoms with Gasteiger partial charge in [-0.1, -0.05) is 45.8 Å². The number of thiophene rings is 1. The van der Waals surface area contributed by atoms with Gasteiger partial charge in [-0.3, -0.25) is 0 Å².